The minimum absolute atomic E-state index is 1.09. The van der Waals surface area contributed by atoms with Crippen LogP contribution in [-0.4, -0.2) is 15.6 Å². The van der Waals surface area contributed by atoms with Crippen LogP contribution in [0.25, 0.3) is 0 Å². The number of nitriles is 2. The van der Waals surface area contributed by atoms with Crippen molar-refractivity contribution in [2.45, 2.75) is 0 Å². The van der Waals surface area contributed by atoms with Gasteiger partial charge in [-0.25, -0.2) is 0 Å². The zero-order valence-electron chi connectivity index (χ0n) is 2.75. The Morgan fingerprint density at radius 3 is 1.67 bits per heavy atom. The van der Waals surface area contributed by atoms with Gasteiger partial charge in [0.05, 0.1) is 0 Å². The number of rotatable bonds is 0. The third-order valence-electron chi connectivity index (χ3n) is 0.182. The van der Waals surface area contributed by atoms with Crippen molar-refractivity contribution in [3.05, 3.63) is 0 Å². The second-order valence-corrected chi connectivity index (χ2v) is 3.78. The molecule has 0 N–H and O–H groups in total. The normalized spacial score (nSPS) is 6.67. The van der Waals surface area contributed by atoms with Crippen LogP contribution in [0, 0.1) is 22.1 Å². The van der Waals surface area contributed by atoms with Crippen LogP contribution in [0.5, 0.6) is 0 Å². The van der Waals surface area contributed by atoms with Crippen molar-refractivity contribution in [1.82, 2.24) is 0 Å². The Labute approximate surface area is 44.9 Å². The van der Waals surface area contributed by atoms with E-state index in [1.54, 1.807) is 11.6 Å². The molecular formula is C2N2PSe. The van der Waals surface area contributed by atoms with E-state index in [2.05, 4.69) is 15.6 Å². The van der Waals surface area contributed by atoms with Crippen molar-refractivity contribution >= 4 is 22.2 Å². The monoisotopic (exact) mass is 163 g/mol. The van der Waals surface area contributed by atoms with Crippen LogP contribution in [-0.2, 0) is 0 Å². The summed E-state index contributed by atoms with van der Waals surface area (Å²) in [5.74, 6) is 3.53. The quantitative estimate of drug-likeness (QED) is 0.384. The maximum absolute atomic E-state index is 7.86. The second kappa shape index (κ2) is 3.13. The van der Waals surface area contributed by atoms with Gasteiger partial charge in [-0.05, 0) is 0 Å². The van der Waals surface area contributed by atoms with Gasteiger partial charge >= 0.3 is 44.3 Å². The third-order valence-corrected chi connectivity index (χ3v) is 1.57. The molecule has 0 saturated carbocycles. The molecule has 0 aliphatic heterocycles. The van der Waals surface area contributed by atoms with E-state index >= 15 is 0 Å². The first kappa shape index (κ1) is 5.93. The van der Waals surface area contributed by atoms with Crippen molar-refractivity contribution in [3.8, 4) is 11.6 Å². The maximum atomic E-state index is 7.86. The van der Waals surface area contributed by atoms with Crippen LogP contribution in [0.15, 0.2) is 0 Å². The molecule has 0 amide bonds. The topological polar surface area (TPSA) is 47.6 Å². The molecule has 0 spiro atoms. The average molecular weight is 162 g/mol. The van der Waals surface area contributed by atoms with E-state index in [0.29, 0.717) is 0 Å². The fourth-order valence-corrected chi connectivity index (χ4v) is 0.0671. The summed E-state index contributed by atoms with van der Waals surface area (Å²) >= 11 is 2.42. The van der Waals surface area contributed by atoms with Crippen molar-refractivity contribution in [3.63, 3.8) is 0 Å². The Bertz CT molecular complexity index is 95.7. The molecule has 4 heteroatoms. The standard InChI is InChI=1S/C2N2PSe/c3-1-5(6)2-4. The fourth-order valence-electron chi connectivity index (χ4n) is 0.0224. The Hall–Kier alpha value is -0.0705. The van der Waals surface area contributed by atoms with Gasteiger partial charge in [-0.3, -0.25) is 0 Å². The summed E-state index contributed by atoms with van der Waals surface area (Å²) in [6.45, 7) is -1.09. The van der Waals surface area contributed by atoms with Gasteiger partial charge < -0.3 is 0 Å². The Morgan fingerprint density at radius 2 is 1.67 bits per heavy atom. The van der Waals surface area contributed by atoms with E-state index in [0.717, 1.165) is 0 Å². The molecule has 0 fully saturated rings. The van der Waals surface area contributed by atoms with Crippen LogP contribution in [0.1, 0.15) is 0 Å². The van der Waals surface area contributed by atoms with Crippen LogP contribution in [0.4, 0.5) is 0 Å². The first-order chi connectivity index (χ1) is 2.81. The molecule has 0 saturated heterocycles. The fraction of sp³-hybridized carbons (Fsp3) is 0. The van der Waals surface area contributed by atoms with E-state index in [1.165, 1.54) is 0 Å². The molecule has 0 aromatic rings. The molecule has 0 rings (SSSR count). The number of hydrogen-bond acceptors (Lipinski definition) is 2. The molecular weight excluding hydrogens is 162 g/mol. The van der Waals surface area contributed by atoms with Crippen molar-refractivity contribution in [1.29, 1.82) is 10.5 Å². The molecule has 0 aromatic heterocycles. The van der Waals surface area contributed by atoms with Gasteiger partial charge in [0.25, 0.3) is 0 Å². The van der Waals surface area contributed by atoms with Crippen LogP contribution in [0.2, 0.25) is 0 Å². The third kappa shape index (κ3) is 2.18. The van der Waals surface area contributed by atoms with Gasteiger partial charge in [0.1, 0.15) is 0 Å². The molecule has 29 valence electrons. The molecule has 0 heterocycles. The summed E-state index contributed by atoms with van der Waals surface area (Å²) in [5, 5.41) is 15.7. The molecule has 0 atom stereocenters. The van der Waals surface area contributed by atoms with E-state index in [4.69, 9.17) is 10.5 Å². The predicted molar refractivity (Wildman–Crippen MR) is 23.9 cm³/mol. The van der Waals surface area contributed by atoms with E-state index < -0.39 is 6.61 Å². The molecule has 2 nitrogen and oxygen atoms in total. The average Bonchev–Trinajstić information content (AvgIpc) is 1.65. The molecule has 0 unspecified atom stereocenters. The number of hydrogen-bond donors (Lipinski definition) is 0. The molecule has 0 aliphatic rings. The number of nitrogens with zero attached hydrogens (tertiary/aromatic N) is 2. The van der Waals surface area contributed by atoms with Crippen molar-refractivity contribution in [2.75, 3.05) is 0 Å². The molecule has 1 radical (unpaired) electrons. The Balaban J connectivity index is 3.40. The summed E-state index contributed by atoms with van der Waals surface area (Å²) < 4.78 is 0. The van der Waals surface area contributed by atoms with E-state index in [9.17, 15) is 0 Å². The van der Waals surface area contributed by atoms with Crippen LogP contribution >= 0.6 is 6.61 Å². The van der Waals surface area contributed by atoms with Crippen LogP contribution < -0.4 is 0 Å². The minimum atomic E-state index is -1.09. The van der Waals surface area contributed by atoms with E-state index in [1.807, 2.05) is 0 Å². The first-order valence-electron chi connectivity index (χ1n) is 1.08. The van der Waals surface area contributed by atoms with Gasteiger partial charge in [0.15, 0.2) is 0 Å². The molecule has 0 aromatic carbocycles. The second-order valence-electron chi connectivity index (χ2n) is 0.494. The summed E-state index contributed by atoms with van der Waals surface area (Å²) in [4.78, 5) is 0. The van der Waals surface area contributed by atoms with Gasteiger partial charge in [-0.2, -0.15) is 0 Å². The molecule has 6 heavy (non-hydrogen) atoms. The summed E-state index contributed by atoms with van der Waals surface area (Å²) in [6, 6.07) is 0. The summed E-state index contributed by atoms with van der Waals surface area (Å²) in [5.41, 5.74) is 0. The Kier molecular flexibility index (Phi) is 3.10. The van der Waals surface area contributed by atoms with Gasteiger partial charge in [0, 0.05) is 0 Å². The zero-order valence-corrected chi connectivity index (χ0v) is 5.36. The van der Waals surface area contributed by atoms with E-state index in [-0.39, 0.29) is 0 Å². The summed E-state index contributed by atoms with van der Waals surface area (Å²) in [7, 11) is 0. The molecule has 0 bridgehead atoms. The first-order valence-corrected chi connectivity index (χ1v) is 4.63. The zero-order chi connectivity index (χ0) is 4.99. The van der Waals surface area contributed by atoms with Crippen molar-refractivity contribution < 1.29 is 0 Å². The molecule has 0 aliphatic carbocycles. The van der Waals surface area contributed by atoms with Crippen LogP contribution in [0.3, 0.4) is 0 Å². The Morgan fingerprint density at radius 1 is 1.33 bits per heavy atom. The summed E-state index contributed by atoms with van der Waals surface area (Å²) in [6.07, 6.45) is 0. The predicted octanol–water partition coefficient (Wildman–Crippen LogP) is 0.514. The van der Waals surface area contributed by atoms with Gasteiger partial charge in [0.2, 0.25) is 0 Å². The van der Waals surface area contributed by atoms with Crippen molar-refractivity contribution in [2.24, 2.45) is 0 Å². The van der Waals surface area contributed by atoms with Gasteiger partial charge in [-0.1, -0.05) is 0 Å². The SMILES string of the molecule is N#CP([Se])C#N. The van der Waals surface area contributed by atoms with Gasteiger partial charge in [-0.15, -0.1) is 0 Å².